The first-order chi connectivity index (χ1) is 9.35. The van der Waals surface area contributed by atoms with Gasteiger partial charge in [-0.2, -0.15) is 0 Å². The molecular formula is C15H17BrO4. The van der Waals surface area contributed by atoms with Crippen molar-refractivity contribution < 1.29 is 19.1 Å². The molecule has 5 heteroatoms. The maximum atomic E-state index is 11.8. The van der Waals surface area contributed by atoms with E-state index in [1.165, 1.54) is 14.0 Å². The molecule has 1 rings (SSSR count). The van der Waals surface area contributed by atoms with Crippen LogP contribution >= 0.6 is 15.9 Å². The molecule has 4 nitrogen and oxygen atoms in total. The Kier molecular flexibility index (Phi) is 6.07. The minimum absolute atomic E-state index is 0.00735. The van der Waals surface area contributed by atoms with Gasteiger partial charge in [-0.25, -0.2) is 0 Å². The number of methoxy groups -OCH3 is 1. The molecule has 0 saturated carbocycles. The molecule has 0 fully saturated rings. The van der Waals surface area contributed by atoms with E-state index in [2.05, 4.69) is 20.7 Å². The fraction of sp³-hybridized carbons (Fsp3) is 0.400. The van der Waals surface area contributed by atoms with Crippen LogP contribution in [0.4, 0.5) is 0 Å². The molecule has 0 N–H and O–H groups in total. The van der Waals surface area contributed by atoms with E-state index in [9.17, 15) is 14.4 Å². The summed E-state index contributed by atoms with van der Waals surface area (Å²) in [7, 11) is 1.26. The summed E-state index contributed by atoms with van der Waals surface area (Å²) in [4.78, 5) is 34.2. The summed E-state index contributed by atoms with van der Waals surface area (Å²) in [6.45, 7) is 3.28. The molecule has 0 aliphatic heterocycles. The van der Waals surface area contributed by atoms with Crippen molar-refractivity contribution >= 4 is 33.5 Å². The maximum absolute atomic E-state index is 11.8. The predicted octanol–water partition coefficient (Wildman–Crippen LogP) is 2.96. The first kappa shape index (κ1) is 16.6. The normalized spacial score (nSPS) is 11.8. The fourth-order valence-electron chi connectivity index (χ4n) is 1.76. The number of hydrogen-bond donors (Lipinski definition) is 0. The van der Waals surface area contributed by atoms with Crippen LogP contribution in [0.2, 0.25) is 0 Å². The van der Waals surface area contributed by atoms with Crippen molar-refractivity contribution in [2.45, 2.75) is 26.7 Å². The Balaban J connectivity index is 2.75. The highest BCUT2D eigenvalue weighted by molar-refractivity contribution is 9.10. The quantitative estimate of drug-likeness (QED) is 0.453. The van der Waals surface area contributed by atoms with Gasteiger partial charge in [-0.05, 0) is 25.0 Å². The van der Waals surface area contributed by atoms with Crippen LogP contribution in [0.5, 0.6) is 0 Å². The van der Waals surface area contributed by atoms with Crippen LogP contribution in [0.3, 0.4) is 0 Å². The molecule has 0 saturated heterocycles. The van der Waals surface area contributed by atoms with Crippen molar-refractivity contribution in [2.75, 3.05) is 7.11 Å². The summed E-state index contributed by atoms with van der Waals surface area (Å²) < 4.78 is 5.27. The highest BCUT2D eigenvalue weighted by Crippen LogP contribution is 2.22. The lowest BCUT2D eigenvalue weighted by atomic mass is 9.94. The Morgan fingerprint density at radius 2 is 1.95 bits per heavy atom. The van der Waals surface area contributed by atoms with Gasteiger partial charge in [0.1, 0.15) is 12.2 Å². The number of halogens is 1. The van der Waals surface area contributed by atoms with E-state index < -0.39 is 5.97 Å². The zero-order valence-electron chi connectivity index (χ0n) is 11.7. The molecule has 20 heavy (non-hydrogen) atoms. The van der Waals surface area contributed by atoms with Crippen molar-refractivity contribution in [3.05, 3.63) is 33.8 Å². The topological polar surface area (TPSA) is 60.4 Å². The van der Waals surface area contributed by atoms with Crippen LogP contribution in [-0.4, -0.2) is 24.6 Å². The molecule has 1 aromatic carbocycles. The van der Waals surface area contributed by atoms with Gasteiger partial charge in [0, 0.05) is 16.0 Å². The molecule has 0 bridgehead atoms. The van der Waals surface area contributed by atoms with E-state index in [-0.39, 0.29) is 23.9 Å². The average molecular weight is 341 g/mol. The van der Waals surface area contributed by atoms with Crippen LogP contribution < -0.4 is 0 Å². The molecule has 0 aliphatic rings. The summed E-state index contributed by atoms with van der Waals surface area (Å²) in [5, 5.41) is 0. The van der Waals surface area contributed by atoms with Gasteiger partial charge in [-0.15, -0.1) is 0 Å². The second-order valence-electron chi connectivity index (χ2n) is 4.69. The zero-order chi connectivity index (χ0) is 15.3. The van der Waals surface area contributed by atoms with E-state index in [4.69, 9.17) is 0 Å². The highest BCUT2D eigenvalue weighted by atomic mass is 79.9. The smallest absolute Gasteiger partial charge is 0.313 e. The van der Waals surface area contributed by atoms with Crippen molar-refractivity contribution in [1.29, 1.82) is 0 Å². The molecule has 0 radical (unpaired) electrons. The Hall–Kier alpha value is -1.49. The Labute approximate surface area is 126 Å². The summed E-state index contributed by atoms with van der Waals surface area (Å²) in [6, 6.07) is 5.30. The molecule has 1 aromatic rings. The Morgan fingerprint density at radius 3 is 2.45 bits per heavy atom. The largest absolute Gasteiger partial charge is 0.469 e. The Bertz CT molecular complexity index is 537. The van der Waals surface area contributed by atoms with Gasteiger partial charge in [0.2, 0.25) is 0 Å². The number of carbonyl (C=O) groups is 3. The minimum atomic E-state index is -0.521. The van der Waals surface area contributed by atoms with Gasteiger partial charge in [0.25, 0.3) is 0 Å². The zero-order valence-corrected chi connectivity index (χ0v) is 13.3. The maximum Gasteiger partial charge on any atom is 0.313 e. The SMILES string of the molecule is COC(=O)CC(=O)C(C)Cc1ccc(C(C)=O)cc1Br. The second-order valence-corrected chi connectivity index (χ2v) is 5.54. The first-order valence-corrected chi connectivity index (χ1v) is 7.03. The molecule has 108 valence electrons. The van der Waals surface area contributed by atoms with Gasteiger partial charge >= 0.3 is 5.97 Å². The van der Waals surface area contributed by atoms with Crippen LogP contribution in [0.15, 0.2) is 22.7 Å². The fourth-order valence-corrected chi connectivity index (χ4v) is 2.30. The van der Waals surface area contributed by atoms with Gasteiger partial charge in [-0.1, -0.05) is 35.0 Å². The first-order valence-electron chi connectivity index (χ1n) is 6.24. The van der Waals surface area contributed by atoms with Crippen LogP contribution in [-0.2, 0) is 20.7 Å². The Morgan fingerprint density at radius 1 is 1.30 bits per heavy atom. The van der Waals surface area contributed by atoms with E-state index in [1.54, 1.807) is 19.1 Å². The number of esters is 1. The number of Topliss-reactive ketones (excluding diaryl/α,β-unsaturated/α-hetero) is 2. The summed E-state index contributed by atoms with van der Waals surface area (Å²) in [5.74, 6) is -0.965. The summed E-state index contributed by atoms with van der Waals surface area (Å²) in [5.41, 5.74) is 1.55. The molecule has 1 atom stereocenters. The van der Waals surface area contributed by atoms with Crippen LogP contribution in [0, 0.1) is 5.92 Å². The van der Waals surface area contributed by atoms with Gasteiger partial charge in [0.15, 0.2) is 5.78 Å². The summed E-state index contributed by atoms with van der Waals surface area (Å²) in [6.07, 6.45) is 0.301. The molecule has 1 unspecified atom stereocenters. The number of hydrogen-bond acceptors (Lipinski definition) is 4. The van der Waals surface area contributed by atoms with Gasteiger partial charge in [0.05, 0.1) is 7.11 Å². The molecular weight excluding hydrogens is 324 g/mol. The number of rotatable bonds is 6. The second kappa shape index (κ2) is 7.33. The standard InChI is InChI=1S/C15H17BrO4/c1-9(14(18)8-15(19)20-3)6-12-5-4-11(10(2)17)7-13(12)16/h4-5,7,9H,6,8H2,1-3H3. The molecule has 0 spiro atoms. The minimum Gasteiger partial charge on any atom is -0.469 e. The monoisotopic (exact) mass is 340 g/mol. The molecule has 0 heterocycles. The van der Waals surface area contributed by atoms with Crippen molar-refractivity contribution in [3.63, 3.8) is 0 Å². The highest BCUT2D eigenvalue weighted by Gasteiger charge is 2.18. The predicted molar refractivity (Wildman–Crippen MR) is 78.7 cm³/mol. The van der Waals surface area contributed by atoms with Crippen molar-refractivity contribution in [3.8, 4) is 0 Å². The third-order valence-corrected chi connectivity index (χ3v) is 3.82. The molecule has 0 aliphatic carbocycles. The van der Waals surface area contributed by atoms with Crippen molar-refractivity contribution in [2.24, 2.45) is 5.92 Å². The van der Waals surface area contributed by atoms with Gasteiger partial charge < -0.3 is 4.74 Å². The third kappa shape index (κ3) is 4.56. The average Bonchev–Trinajstić information content (AvgIpc) is 2.40. The lowest BCUT2D eigenvalue weighted by Gasteiger charge is -2.12. The van der Waals surface area contributed by atoms with Crippen LogP contribution in [0.25, 0.3) is 0 Å². The van der Waals surface area contributed by atoms with E-state index in [0.717, 1.165) is 10.0 Å². The molecule has 0 aromatic heterocycles. The van der Waals surface area contributed by atoms with Gasteiger partial charge in [-0.3, -0.25) is 14.4 Å². The number of carbonyl (C=O) groups excluding carboxylic acids is 3. The number of ketones is 2. The van der Waals surface area contributed by atoms with E-state index >= 15 is 0 Å². The van der Waals surface area contributed by atoms with E-state index in [1.807, 2.05) is 6.07 Å². The number of benzene rings is 1. The lowest BCUT2D eigenvalue weighted by Crippen LogP contribution is -2.18. The molecule has 0 amide bonds. The third-order valence-electron chi connectivity index (χ3n) is 3.08. The lowest BCUT2D eigenvalue weighted by molar-refractivity contribution is -0.144. The van der Waals surface area contributed by atoms with E-state index in [0.29, 0.717) is 12.0 Å². The van der Waals surface area contributed by atoms with Crippen LogP contribution in [0.1, 0.15) is 36.2 Å². The number of ether oxygens (including phenoxy) is 1. The summed E-state index contributed by atoms with van der Waals surface area (Å²) >= 11 is 3.40. The van der Waals surface area contributed by atoms with Crippen molar-refractivity contribution in [1.82, 2.24) is 0 Å².